The first-order valence-electron chi connectivity index (χ1n) is 5.06. The molecular formula is C11H10ClN3OS2. The molecule has 0 aliphatic carbocycles. The molecule has 0 atom stereocenters. The third-order valence-corrected chi connectivity index (χ3v) is 4.34. The van der Waals surface area contributed by atoms with Gasteiger partial charge in [-0.3, -0.25) is 4.79 Å². The van der Waals surface area contributed by atoms with E-state index in [9.17, 15) is 4.79 Å². The summed E-state index contributed by atoms with van der Waals surface area (Å²) >= 11 is 5.90. The van der Waals surface area contributed by atoms with Crippen LogP contribution >= 0.6 is 32.5 Å². The fraction of sp³-hybridized carbons (Fsp3) is 0.182. The highest BCUT2D eigenvalue weighted by atomic mass is 35.5. The third kappa shape index (κ3) is 2.77. The Bertz CT molecular complexity index is 633. The number of carbonyl (C=O) groups is 1. The van der Waals surface area contributed by atoms with Crippen molar-refractivity contribution >= 4 is 44.1 Å². The van der Waals surface area contributed by atoms with E-state index in [4.69, 9.17) is 11.6 Å². The van der Waals surface area contributed by atoms with Crippen LogP contribution in [0.15, 0.2) is 29.3 Å². The van der Waals surface area contributed by atoms with Crippen LogP contribution in [-0.4, -0.2) is 29.3 Å². The van der Waals surface area contributed by atoms with Crippen LogP contribution in [0.25, 0.3) is 0 Å². The molecule has 18 heavy (non-hydrogen) atoms. The second-order valence-electron chi connectivity index (χ2n) is 3.67. The zero-order valence-electron chi connectivity index (χ0n) is 9.75. The molecule has 0 N–H and O–H groups in total. The lowest BCUT2D eigenvalue weighted by atomic mass is 10.1. The number of halogens is 1. The molecule has 0 aliphatic rings. The number of carbonyl (C=O) groups excluding carboxylic acids is 1. The van der Waals surface area contributed by atoms with Crippen LogP contribution in [0.2, 0.25) is 5.15 Å². The third-order valence-electron chi connectivity index (χ3n) is 2.17. The van der Waals surface area contributed by atoms with Crippen molar-refractivity contribution in [2.45, 2.75) is 0 Å². The van der Waals surface area contributed by atoms with Gasteiger partial charge in [-0.2, -0.15) is 4.37 Å². The second kappa shape index (κ2) is 5.60. The van der Waals surface area contributed by atoms with Gasteiger partial charge in [0.25, 0.3) is 5.91 Å². The van der Waals surface area contributed by atoms with Crippen LogP contribution < -0.4 is 4.67 Å². The van der Waals surface area contributed by atoms with E-state index in [0.29, 0.717) is 21.1 Å². The van der Waals surface area contributed by atoms with E-state index in [1.54, 1.807) is 26.2 Å². The molecule has 0 fully saturated rings. The molecule has 0 saturated heterocycles. The molecule has 0 aliphatic heterocycles. The van der Waals surface area contributed by atoms with Crippen molar-refractivity contribution < 1.29 is 4.79 Å². The summed E-state index contributed by atoms with van der Waals surface area (Å²) in [5.41, 5.74) is 1.16. The van der Waals surface area contributed by atoms with E-state index in [2.05, 4.69) is 9.37 Å². The molecular weight excluding hydrogens is 290 g/mol. The van der Waals surface area contributed by atoms with E-state index in [-0.39, 0.29) is 5.91 Å². The molecule has 1 aromatic heterocycles. The molecule has 94 valence electrons. The Morgan fingerprint density at radius 1 is 1.39 bits per heavy atom. The van der Waals surface area contributed by atoms with Gasteiger partial charge in [-0.15, -0.1) is 0 Å². The van der Waals surface area contributed by atoms with Gasteiger partial charge >= 0.3 is 0 Å². The highest BCUT2D eigenvalue weighted by Crippen LogP contribution is 2.20. The maximum Gasteiger partial charge on any atom is 0.255 e. The van der Waals surface area contributed by atoms with Crippen molar-refractivity contribution in [1.29, 1.82) is 0 Å². The minimum atomic E-state index is -0.0846. The van der Waals surface area contributed by atoms with Gasteiger partial charge in [0.15, 0.2) is 9.82 Å². The first-order chi connectivity index (χ1) is 8.59. The predicted octanol–water partition coefficient (Wildman–Crippen LogP) is 2.79. The smallest absolute Gasteiger partial charge is 0.255 e. The number of hydrogen-bond acceptors (Lipinski definition) is 5. The minimum absolute atomic E-state index is 0.0846. The molecule has 0 spiro atoms. The highest BCUT2D eigenvalue weighted by molar-refractivity contribution is 7.66. The Balaban J connectivity index is 2.53. The normalized spacial score (nSPS) is 11.6. The fourth-order valence-corrected chi connectivity index (χ4v) is 3.31. The van der Waals surface area contributed by atoms with Crippen LogP contribution in [0.3, 0.4) is 0 Å². The number of rotatable bonds is 2. The summed E-state index contributed by atoms with van der Waals surface area (Å²) in [5.74, 6) is -0.0846. The zero-order chi connectivity index (χ0) is 13.1. The molecule has 1 amide bonds. The monoisotopic (exact) mass is 299 g/mol. The van der Waals surface area contributed by atoms with Crippen LogP contribution in [0.5, 0.6) is 0 Å². The van der Waals surface area contributed by atoms with Crippen molar-refractivity contribution in [1.82, 2.24) is 9.27 Å². The lowest BCUT2D eigenvalue weighted by Gasteiger charge is -2.11. The first-order valence-corrected chi connectivity index (χ1v) is 7.55. The number of nitrogens with zero attached hydrogens (tertiary/aromatic N) is 3. The average molecular weight is 300 g/mol. The van der Waals surface area contributed by atoms with E-state index in [1.165, 1.54) is 25.8 Å². The Morgan fingerprint density at radius 3 is 2.72 bits per heavy atom. The van der Waals surface area contributed by atoms with Gasteiger partial charge in [-0.1, -0.05) is 23.7 Å². The van der Waals surface area contributed by atoms with Crippen molar-refractivity contribution in [3.63, 3.8) is 0 Å². The summed E-state index contributed by atoms with van der Waals surface area (Å²) in [7, 11) is 6.08. The van der Waals surface area contributed by atoms with Gasteiger partial charge in [0, 0.05) is 24.6 Å². The molecule has 0 radical (unpaired) electrons. The molecule has 0 saturated carbocycles. The van der Waals surface area contributed by atoms with Crippen molar-refractivity contribution in [2.75, 3.05) is 14.1 Å². The maximum atomic E-state index is 12.0. The number of benzene rings is 1. The Hall–Kier alpha value is -1.24. The summed E-state index contributed by atoms with van der Waals surface area (Å²) in [6, 6.07) is 7.19. The SMILES string of the molecule is CN(C)C(=O)c1ccccc1N=c1ssnc1Cl. The number of amides is 1. The van der Waals surface area contributed by atoms with Gasteiger partial charge in [0.1, 0.15) is 0 Å². The van der Waals surface area contributed by atoms with Gasteiger partial charge in [-0.05, 0) is 22.5 Å². The molecule has 2 rings (SSSR count). The van der Waals surface area contributed by atoms with Gasteiger partial charge in [0.2, 0.25) is 0 Å². The fourth-order valence-electron chi connectivity index (χ4n) is 1.33. The zero-order valence-corrected chi connectivity index (χ0v) is 12.1. The van der Waals surface area contributed by atoms with E-state index < -0.39 is 0 Å². The molecule has 0 bridgehead atoms. The van der Waals surface area contributed by atoms with Crippen LogP contribution in [0, 0.1) is 0 Å². The number of aromatic nitrogens is 1. The molecule has 2 aromatic rings. The number of hydrogen-bond donors (Lipinski definition) is 0. The Morgan fingerprint density at radius 2 is 2.11 bits per heavy atom. The Labute approximate surface area is 117 Å². The largest absolute Gasteiger partial charge is 0.345 e. The quantitative estimate of drug-likeness (QED) is 0.801. The van der Waals surface area contributed by atoms with Gasteiger partial charge in [-0.25, -0.2) is 4.99 Å². The summed E-state index contributed by atoms with van der Waals surface area (Å²) in [4.78, 5) is 17.9. The van der Waals surface area contributed by atoms with Crippen LogP contribution in [0.1, 0.15) is 10.4 Å². The minimum Gasteiger partial charge on any atom is -0.345 e. The van der Waals surface area contributed by atoms with Crippen molar-refractivity contribution in [3.05, 3.63) is 39.7 Å². The average Bonchev–Trinajstić information content (AvgIpc) is 2.75. The van der Waals surface area contributed by atoms with Gasteiger partial charge in [0.05, 0.1) is 11.3 Å². The maximum absolute atomic E-state index is 12.0. The lowest BCUT2D eigenvalue weighted by molar-refractivity contribution is 0.0828. The van der Waals surface area contributed by atoms with Gasteiger partial charge < -0.3 is 4.90 Å². The summed E-state index contributed by atoms with van der Waals surface area (Å²) < 4.78 is 4.58. The summed E-state index contributed by atoms with van der Waals surface area (Å²) in [5, 5.41) is 0.372. The van der Waals surface area contributed by atoms with E-state index >= 15 is 0 Å². The van der Waals surface area contributed by atoms with Crippen molar-refractivity contribution in [2.24, 2.45) is 4.99 Å². The topological polar surface area (TPSA) is 45.6 Å². The van der Waals surface area contributed by atoms with E-state index in [0.717, 1.165) is 0 Å². The molecule has 7 heteroatoms. The first kappa shape index (κ1) is 13.2. The second-order valence-corrected chi connectivity index (χ2v) is 5.86. The highest BCUT2D eigenvalue weighted by Gasteiger charge is 2.12. The molecule has 0 unspecified atom stereocenters. The molecule has 1 aromatic carbocycles. The summed E-state index contributed by atoms with van der Waals surface area (Å²) in [6.07, 6.45) is 0. The molecule has 1 heterocycles. The predicted molar refractivity (Wildman–Crippen MR) is 74.7 cm³/mol. The van der Waals surface area contributed by atoms with Crippen LogP contribution in [-0.2, 0) is 0 Å². The lowest BCUT2D eigenvalue weighted by Crippen LogP contribution is -2.21. The summed E-state index contributed by atoms with van der Waals surface area (Å²) in [6.45, 7) is 0. The van der Waals surface area contributed by atoms with Crippen molar-refractivity contribution in [3.8, 4) is 0 Å². The standard InChI is InChI=1S/C11H10ClN3OS2/c1-15(2)11(16)7-5-3-4-6-8(7)13-10-9(12)14-18-17-10/h3-6H,1-2H3. The van der Waals surface area contributed by atoms with E-state index in [1.807, 2.05) is 12.1 Å². The van der Waals surface area contributed by atoms with Crippen LogP contribution in [0.4, 0.5) is 5.69 Å². The molecule has 4 nitrogen and oxygen atoms in total. The number of para-hydroxylation sites is 1. The Kier molecular flexibility index (Phi) is 4.11.